The number of carbonyl (C=O) groups is 1. The molecule has 1 saturated carbocycles. The monoisotopic (exact) mass is 424 g/mol. The highest BCUT2D eigenvalue weighted by Crippen LogP contribution is 2.31. The Bertz CT molecular complexity index is 900. The van der Waals surface area contributed by atoms with Crippen LogP contribution in [-0.4, -0.2) is 52.5 Å². The first-order chi connectivity index (χ1) is 14.2. The van der Waals surface area contributed by atoms with Crippen molar-refractivity contribution in [2.45, 2.75) is 38.4 Å². The van der Waals surface area contributed by atoms with Gasteiger partial charge in [0.15, 0.2) is 11.5 Å². The first kappa shape index (κ1) is 21.5. The second-order valence-corrected chi connectivity index (χ2v) is 7.04. The Hall–Kier alpha value is -3.18. The summed E-state index contributed by atoms with van der Waals surface area (Å²) in [7, 11) is 3.43. The third-order valence-electron chi connectivity index (χ3n) is 4.71. The molecular weight excluding hydrogens is 401 g/mol. The summed E-state index contributed by atoms with van der Waals surface area (Å²) in [6.07, 6.45) is 0.948. The summed E-state index contributed by atoms with van der Waals surface area (Å²) in [5, 5.41) is 8.74. The largest absolute Gasteiger partial charge is 0.434 e. The molecule has 0 radical (unpaired) electrons. The molecule has 3 N–H and O–H groups in total. The minimum Gasteiger partial charge on any atom is -0.372 e. The van der Waals surface area contributed by atoms with Crippen LogP contribution < -0.4 is 20.9 Å². The Morgan fingerprint density at radius 2 is 1.93 bits per heavy atom. The molecule has 1 aliphatic carbocycles. The van der Waals surface area contributed by atoms with E-state index in [0.717, 1.165) is 23.4 Å². The van der Waals surface area contributed by atoms with Gasteiger partial charge in [0.2, 0.25) is 11.9 Å². The maximum Gasteiger partial charge on any atom is 0.434 e. The molecule has 2 aliphatic rings. The second kappa shape index (κ2) is 8.67. The first-order valence-corrected chi connectivity index (χ1v) is 9.40. The molecule has 3 heterocycles. The van der Waals surface area contributed by atoms with Gasteiger partial charge in [-0.2, -0.15) is 18.2 Å². The summed E-state index contributed by atoms with van der Waals surface area (Å²) >= 11 is 0. The molecule has 2 aromatic rings. The average Bonchev–Trinajstić information content (AvgIpc) is 2.65. The Morgan fingerprint density at radius 3 is 2.47 bits per heavy atom. The minimum atomic E-state index is -4.42. The van der Waals surface area contributed by atoms with E-state index in [1.54, 1.807) is 7.05 Å². The number of amides is 1. The maximum atomic E-state index is 11.9. The van der Waals surface area contributed by atoms with Crippen LogP contribution in [0.3, 0.4) is 0 Å². The van der Waals surface area contributed by atoms with Crippen LogP contribution in [0.4, 0.5) is 36.4 Å². The van der Waals surface area contributed by atoms with Gasteiger partial charge in [-0.05, 0) is 26.2 Å². The first-order valence-electron chi connectivity index (χ1n) is 9.40. The van der Waals surface area contributed by atoms with Gasteiger partial charge in [-0.15, -0.1) is 0 Å². The predicted octanol–water partition coefficient (Wildman–Crippen LogP) is 2.67. The number of nitrogens with one attached hydrogen (secondary N) is 3. The van der Waals surface area contributed by atoms with Crippen molar-refractivity contribution in [2.75, 3.05) is 41.5 Å². The van der Waals surface area contributed by atoms with Crippen molar-refractivity contribution >= 4 is 29.2 Å². The number of likely N-dealkylation sites (N-methyl/N-ethyl adjacent to an activating group) is 1. The molecule has 4 rings (SSSR count). The molecule has 12 heteroatoms. The highest BCUT2D eigenvalue weighted by molar-refractivity contribution is 6.00. The Labute approximate surface area is 171 Å². The van der Waals surface area contributed by atoms with Crippen LogP contribution in [0.25, 0.3) is 0 Å². The van der Waals surface area contributed by atoms with Gasteiger partial charge in [-0.25, -0.2) is 15.0 Å². The van der Waals surface area contributed by atoms with E-state index >= 15 is 0 Å². The van der Waals surface area contributed by atoms with E-state index < -0.39 is 11.9 Å². The molecular formula is C18H23F3N8O. The minimum absolute atomic E-state index is 0.0172. The topological polar surface area (TPSA) is 108 Å². The fourth-order valence-corrected chi connectivity index (χ4v) is 2.85. The fraction of sp³-hybridized carbons (Fsp3) is 0.500. The van der Waals surface area contributed by atoms with Gasteiger partial charge in [0, 0.05) is 20.1 Å². The number of carbonyl (C=O) groups excluding carboxylic acids is 1. The number of rotatable bonds is 3. The van der Waals surface area contributed by atoms with Crippen LogP contribution in [0.2, 0.25) is 0 Å². The average molecular weight is 424 g/mol. The third kappa shape index (κ3) is 5.05. The van der Waals surface area contributed by atoms with Gasteiger partial charge in [0.25, 0.3) is 0 Å². The van der Waals surface area contributed by atoms with E-state index in [9.17, 15) is 18.0 Å². The van der Waals surface area contributed by atoms with Gasteiger partial charge in [-0.1, -0.05) is 0 Å². The number of aromatic nitrogens is 4. The van der Waals surface area contributed by atoms with Gasteiger partial charge in [-0.3, -0.25) is 4.79 Å². The SMILES string of the molecule is CNc1cnc(C(F)(F)F)cn1.Cc1nc(NC2CCC2)nc2c1NC(=O)CN2C. The van der Waals surface area contributed by atoms with Gasteiger partial charge in [0.1, 0.15) is 11.5 Å². The molecule has 0 atom stereocenters. The molecule has 0 bridgehead atoms. The number of alkyl halides is 3. The molecule has 0 unspecified atom stereocenters. The van der Waals surface area contributed by atoms with Crippen LogP contribution >= 0.6 is 0 Å². The summed E-state index contributed by atoms with van der Waals surface area (Å²) < 4.78 is 35.7. The lowest BCUT2D eigenvalue weighted by Crippen LogP contribution is -2.37. The van der Waals surface area contributed by atoms with Crippen molar-refractivity contribution < 1.29 is 18.0 Å². The zero-order valence-electron chi connectivity index (χ0n) is 16.8. The lowest BCUT2D eigenvalue weighted by molar-refractivity contribution is -0.141. The number of aryl methyl sites for hydroxylation is 1. The molecule has 1 fully saturated rings. The van der Waals surface area contributed by atoms with E-state index in [1.165, 1.54) is 19.3 Å². The number of fused-ring (bicyclic) bond motifs is 1. The molecule has 0 saturated heterocycles. The summed E-state index contributed by atoms with van der Waals surface area (Å²) in [5.41, 5.74) is 0.552. The van der Waals surface area contributed by atoms with Gasteiger partial charge >= 0.3 is 6.18 Å². The molecule has 2 aromatic heterocycles. The smallest absolute Gasteiger partial charge is 0.372 e. The highest BCUT2D eigenvalue weighted by atomic mass is 19.4. The standard InChI is InChI=1S/C12H17N5O.C6H6F3N3/c1-7-10-11(17(2)6-9(18)15-10)16-12(13-7)14-8-4-3-5-8;1-10-5-3-11-4(2-12-5)6(7,8)9/h8H,3-6H2,1-2H3,(H,15,18)(H,13,14,16);2-3H,1H3,(H,10,12). The van der Waals surface area contributed by atoms with E-state index in [1.807, 2.05) is 18.9 Å². The van der Waals surface area contributed by atoms with Crippen molar-refractivity contribution in [1.29, 1.82) is 0 Å². The molecule has 162 valence electrons. The predicted molar refractivity (Wildman–Crippen MR) is 107 cm³/mol. The summed E-state index contributed by atoms with van der Waals surface area (Å²) in [6.45, 7) is 2.23. The van der Waals surface area contributed by atoms with Crippen LogP contribution in [0.15, 0.2) is 12.4 Å². The molecule has 30 heavy (non-hydrogen) atoms. The van der Waals surface area contributed by atoms with Crippen molar-refractivity contribution in [3.8, 4) is 0 Å². The second-order valence-electron chi connectivity index (χ2n) is 7.04. The number of nitrogens with zero attached hydrogens (tertiary/aromatic N) is 5. The lowest BCUT2D eigenvalue weighted by atomic mass is 9.93. The van der Waals surface area contributed by atoms with E-state index in [-0.39, 0.29) is 5.91 Å². The zero-order chi connectivity index (χ0) is 21.9. The Balaban J connectivity index is 0.000000187. The van der Waals surface area contributed by atoms with E-state index in [2.05, 4.69) is 35.9 Å². The summed E-state index contributed by atoms with van der Waals surface area (Å²) in [4.78, 5) is 28.9. The van der Waals surface area contributed by atoms with Crippen LogP contribution in [0.5, 0.6) is 0 Å². The quantitative estimate of drug-likeness (QED) is 0.690. The molecule has 1 aliphatic heterocycles. The Morgan fingerprint density at radius 1 is 1.20 bits per heavy atom. The number of halogens is 3. The molecule has 0 spiro atoms. The van der Waals surface area contributed by atoms with Crippen molar-refractivity contribution in [3.05, 3.63) is 23.8 Å². The van der Waals surface area contributed by atoms with Crippen molar-refractivity contribution in [2.24, 2.45) is 0 Å². The third-order valence-corrected chi connectivity index (χ3v) is 4.71. The number of hydrogen-bond acceptors (Lipinski definition) is 8. The molecule has 0 aromatic carbocycles. The Kier molecular flexibility index (Phi) is 6.22. The van der Waals surface area contributed by atoms with Crippen LogP contribution in [0.1, 0.15) is 30.7 Å². The highest BCUT2D eigenvalue weighted by Gasteiger charge is 2.32. The van der Waals surface area contributed by atoms with Gasteiger partial charge in [0.05, 0.1) is 24.6 Å². The number of hydrogen-bond donors (Lipinski definition) is 3. The van der Waals surface area contributed by atoms with Crippen molar-refractivity contribution in [1.82, 2.24) is 19.9 Å². The van der Waals surface area contributed by atoms with Crippen molar-refractivity contribution in [3.63, 3.8) is 0 Å². The summed E-state index contributed by atoms with van der Waals surface area (Å²) in [5.74, 6) is 1.75. The van der Waals surface area contributed by atoms with Crippen LogP contribution in [-0.2, 0) is 11.0 Å². The summed E-state index contributed by atoms with van der Waals surface area (Å²) in [6, 6.07) is 0.505. The molecule has 9 nitrogen and oxygen atoms in total. The number of anilines is 4. The van der Waals surface area contributed by atoms with Gasteiger partial charge < -0.3 is 20.9 Å². The van der Waals surface area contributed by atoms with E-state index in [4.69, 9.17) is 0 Å². The van der Waals surface area contributed by atoms with E-state index in [0.29, 0.717) is 30.5 Å². The normalized spacial score (nSPS) is 15.9. The molecule has 1 amide bonds. The zero-order valence-corrected chi connectivity index (χ0v) is 16.8. The van der Waals surface area contributed by atoms with Crippen LogP contribution in [0, 0.1) is 6.92 Å². The maximum absolute atomic E-state index is 11.9. The fourth-order valence-electron chi connectivity index (χ4n) is 2.85. The lowest BCUT2D eigenvalue weighted by Gasteiger charge is -2.30.